The zero-order valence-corrected chi connectivity index (χ0v) is 31.8. The Balaban J connectivity index is 1.12. The summed E-state index contributed by atoms with van der Waals surface area (Å²) in [5, 5.41) is 34.5. The molecule has 1 amide bonds. The second kappa shape index (κ2) is 18.0. The van der Waals surface area contributed by atoms with Gasteiger partial charge in [0, 0.05) is 62.2 Å². The SMILES string of the molecule is Cc1c(COc2cc(OCc3cncc(C#N)c3)c(CNC(CO)C(=O)O)cc2Cl)cccc1-c1cccc(OCCCN2CCC3(CCC(=O)N3)C2)c1C. The normalized spacial score (nSPS) is 17.2. The van der Waals surface area contributed by atoms with E-state index in [9.17, 15) is 25.1 Å². The van der Waals surface area contributed by atoms with Crippen molar-refractivity contribution >= 4 is 23.5 Å². The van der Waals surface area contributed by atoms with E-state index in [0.717, 1.165) is 72.5 Å². The number of rotatable bonds is 17. The van der Waals surface area contributed by atoms with Crippen LogP contribution in [0.15, 0.2) is 67.0 Å². The molecule has 1 spiro atoms. The van der Waals surface area contributed by atoms with Gasteiger partial charge in [0.15, 0.2) is 0 Å². The lowest BCUT2D eigenvalue weighted by Gasteiger charge is -2.24. The molecule has 13 heteroatoms. The molecule has 2 fully saturated rings. The molecule has 1 aromatic heterocycles. The van der Waals surface area contributed by atoms with Gasteiger partial charge < -0.3 is 34.6 Å². The summed E-state index contributed by atoms with van der Waals surface area (Å²) in [5.41, 5.74) is 6.77. The maximum Gasteiger partial charge on any atom is 0.323 e. The Morgan fingerprint density at radius 2 is 1.80 bits per heavy atom. The number of ether oxygens (including phenoxy) is 3. The van der Waals surface area contributed by atoms with Crippen LogP contribution in [-0.2, 0) is 29.3 Å². The smallest absolute Gasteiger partial charge is 0.323 e. The molecule has 4 N–H and O–H groups in total. The first-order valence-corrected chi connectivity index (χ1v) is 18.8. The van der Waals surface area contributed by atoms with Gasteiger partial charge in [-0.2, -0.15) is 5.26 Å². The quantitative estimate of drug-likeness (QED) is 0.0973. The lowest BCUT2D eigenvalue weighted by Crippen LogP contribution is -2.44. The summed E-state index contributed by atoms with van der Waals surface area (Å²) in [5.74, 6) is 0.585. The molecule has 2 saturated heterocycles. The maximum atomic E-state index is 11.8. The molecular weight excluding hydrogens is 722 g/mol. The number of nitrogens with one attached hydrogen (secondary N) is 2. The van der Waals surface area contributed by atoms with Crippen molar-refractivity contribution in [3.63, 3.8) is 0 Å². The first kappa shape index (κ1) is 39.5. The fraction of sp³-hybridized carbons (Fsp3) is 0.381. The molecule has 0 radical (unpaired) electrons. The average molecular weight is 768 g/mol. The number of halogens is 1. The predicted molar refractivity (Wildman–Crippen MR) is 207 cm³/mol. The van der Waals surface area contributed by atoms with Crippen molar-refractivity contribution in [2.24, 2.45) is 0 Å². The monoisotopic (exact) mass is 767 g/mol. The number of aliphatic carboxylic acids is 1. The van der Waals surface area contributed by atoms with Crippen LogP contribution in [0.4, 0.5) is 0 Å². The van der Waals surface area contributed by atoms with E-state index in [1.54, 1.807) is 24.4 Å². The van der Waals surface area contributed by atoms with E-state index in [0.29, 0.717) is 46.2 Å². The molecule has 12 nitrogen and oxygen atoms in total. The minimum absolute atomic E-state index is 0.0340. The summed E-state index contributed by atoms with van der Waals surface area (Å²) in [7, 11) is 0. The zero-order valence-electron chi connectivity index (χ0n) is 31.1. The molecule has 0 aliphatic carbocycles. The summed E-state index contributed by atoms with van der Waals surface area (Å²) in [4.78, 5) is 29.8. The predicted octanol–water partition coefficient (Wildman–Crippen LogP) is 5.71. The lowest BCUT2D eigenvalue weighted by atomic mass is 9.93. The molecule has 2 aliphatic heterocycles. The van der Waals surface area contributed by atoms with Crippen LogP contribution in [0.1, 0.15) is 59.1 Å². The number of likely N-dealkylation sites (tertiary alicyclic amines) is 1. The van der Waals surface area contributed by atoms with E-state index < -0.39 is 18.6 Å². The highest BCUT2D eigenvalue weighted by Crippen LogP contribution is 2.37. The number of pyridine rings is 1. The standard InChI is InChI=1S/C42H46ClN5O7/c1-27-31(6-3-7-33(27)34-8-4-9-37(28(34)2)53-15-5-13-48-14-12-42(26-48)11-10-40(50)47-42)25-55-39-18-38(54-24-30-16-29(19-44)20-45-21-30)32(17-35(39)43)22-46-36(23-49)41(51)52/h3-4,6-9,16-18,20-21,36,46,49H,5,10-15,22-26H2,1-2H3,(H,47,50)(H,51,52). The fourth-order valence-electron chi connectivity index (χ4n) is 7.26. The van der Waals surface area contributed by atoms with Gasteiger partial charge in [-0.25, -0.2) is 0 Å². The van der Waals surface area contributed by atoms with Crippen molar-refractivity contribution in [2.75, 3.05) is 32.8 Å². The molecule has 2 atom stereocenters. The van der Waals surface area contributed by atoms with Crippen LogP contribution in [-0.4, -0.2) is 76.4 Å². The molecule has 2 aliphatic rings. The highest BCUT2D eigenvalue weighted by Gasteiger charge is 2.42. The molecule has 2 unspecified atom stereocenters. The number of carbonyl (C=O) groups is 2. The van der Waals surface area contributed by atoms with Crippen LogP contribution < -0.4 is 24.8 Å². The first-order valence-electron chi connectivity index (χ1n) is 18.4. The van der Waals surface area contributed by atoms with Gasteiger partial charge in [0.25, 0.3) is 0 Å². The number of nitriles is 1. The second-order valence-electron chi connectivity index (χ2n) is 14.2. The summed E-state index contributed by atoms with van der Waals surface area (Å²) >= 11 is 6.71. The first-order chi connectivity index (χ1) is 26.6. The van der Waals surface area contributed by atoms with Crippen LogP contribution in [0.25, 0.3) is 11.1 Å². The molecule has 4 aromatic rings. The van der Waals surface area contributed by atoms with E-state index in [1.165, 1.54) is 6.20 Å². The second-order valence-corrected chi connectivity index (χ2v) is 14.6. The number of aromatic nitrogens is 1. The van der Waals surface area contributed by atoms with E-state index >= 15 is 0 Å². The third kappa shape index (κ3) is 9.74. The summed E-state index contributed by atoms with van der Waals surface area (Å²) in [6.07, 6.45) is 6.52. The number of nitrogens with zero attached hydrogens (tertiary/aromatic N) is 3. The van der Waals surface area contributed by atoms with E-state index in [2.05, 4.69) is 52.6 Å². The minimum atomic E-state index is -1.19. The van der Waals surface area contributed by atoms with Gasteiger partial charge in [0.1, 0.15) is 42.6 Å². The highest BCUT2D eigenvalue weighted by molar-refractivity contribution is 6.32. The van der Waals surface area contributed by atoms with Crippen molar-refractivity contribution in [3.8, 4) is 34.4 Å². The topological polar surface area (TPSA) is 166 Å². The van der Waals surface area contributed by atoms with Crippen molar-refractivity contribution in [1.82, 2.24) is 20.5 Å². The van der Waals surface area contributed by atoms with Gasteiger partial charge in [0.2, 0.25) is 5.91 Å². The fourth-order valence-corrected chi connectivity index (χ4v) is 7.50. The van der Waals surface area contributed by atoms with Crippen LogP contribution in [0.2, 0.25) is 5.02 Å². The Morgan fingerprint density at radius 1 is 1.02 bits per heavy atom. The maximum absolute atomic E-state index is 11.8. The summed E-state index contributed by atoms with van der Waals surface area (Å²) < 4.78 is 18.7. The van der Waals surface area contributed by atoms with E-state index in [1.807, 2.05) is 24.3 Å². The van der Waals surface area contributed by atoms with Gasteiger partial charge >= 0.3 is 5.97 Å². The molecule has 6 rings (SSSR count). The van der Waals surface area contributed by atoms with Gasteiger partial charge in [-0.05, 0) is 79.1 Å². The summed E-state index contributed by atoms with van der Waals surface area (Å²) in [6, 6.07) is 18.1. The average Bonchev–Trinajstić information content (AvgIpc) is 3.76. The highest BCUT2D eigenvalue weighted by atomic mass is 35.5. The largest absolute Gasteiger partial charge is 0.493 e. The Kier molecular flexibility index (Phi) is 12.9. The van der Waals surface area contributed by atoms with Crippen molar-refractivity contribution in [1.29, 1.82) is 5.26 Å². The number of carboxylic acid groups (broad SMARTS) is 1. The van der Waals surface area contributed by atoms with Crippen molar-refractivity contribution in [3.05, 3.63) is 105 Å². The van der Waals surface area contributed by atoms with E-state index in [4.69, 9.17) is 25.8 Å². The van der Waals surface area contributed by atoms with E-state index in [-0.39, 0.29) is 31.2 Å². The number of aliphatic hydroxyl groups is 1. The van der Waals surface area contributed by atoms with Gasteiger partial charge in [-0.15, -0.1) is 0 Å². The number of hydrogen-bond acceptors (Lipinski definition) is 10. The van der Waals surface area contributed by atoms with Gasteiger partial charge in [-0.1, -0.05) is 41.9 Å². The van der Waals surface area contributed by atoms with Crippen LogP contribution in [0.3, 0.4) is 0 Å². The molecule has 0 bridgehead atoms. The number of benzene rings is 3. The molecule has 55 heavy (non-hydrogen) atoms. The van der Waals surface area contributed by atoms with Crippen LogP contribution in [0.5, 0.6) is 17.2 Å². The van der Waals surface area contributed by atoms with Crippen LogP contribution in [0, 0.1) is 25.2 Å². The zero-order chi connectivity index (χ0) is 39.0. The minimum Gasteiger partial charge on any atom is -0.493 e. The molecule has 3 aromatic carbocycles. The lowest BCUT2D eigenvalue weighted by molar-refractivity contribution is -0.140. The Bertz CT molecular complexity index is 2070. The molecule has 0 saturated carbocycles. The Labute approximate surface area is 326 Å². The number of hydrogen-bond donors (Lipinski definition) is 4. The van der Waals surface area contributed by atoms with Gasteiger partial charge in [-0.3, -0.25) is 19.9 Å². The Hall–Kier alpha value is -5.19. The molecule has 288 valence electrons. The summed E-state index contributed by atoms with van der Waals surface area (Å²) in [6.45, 7) is 7.32. The van der Waals surface area contributed by atoms with Crippen LogP contribution >= 0.6 is 11.6 Å². The molecule has 3 heterocycles. The number of aliphatic hydroxyl groups excluding tert-OH is 1. The molecular formula is C42H46ClN5O7. The van der Waals surface area contributed by atoms with Crippen molar-refractivity contribution < 1.29 is 34.0 Å². The third-order valence-electron chi connectivity index (χ3n) is 10.4. The number of carboxylic acids is 1. The third-order valence-corrected chi connectivity index (χ3v) is 10.7. The van der Waals surface area contributed by atoms with Crippen molar-refractivity contribution in [2.45, 2.75) is 70.9 Å². The number of amides is 1. The van der Waals surface area contributed by atoms with Gasteiger partial charge in [0.05, 0.1) is 29.3 Å². The number of carbonyl (C=O) groups excluding carboxylic acids is 1. The Morgan fingerprint density at radius 3 is 2.55 bits per heavy atom.